The van der Waals surface area contributed by atoms with Crippen LogP contribution < -0.4 is 15.4 Å². The van der Waals surface area contributed by atoms with Crippen molar-refractivity contribution in [3.63, 3.8) is 0 Å². The van der Waals surface area contributed by atoms with Gasteiger partial charge in [-0.15, -0.1) is 0 Å². The average molecular weight is 333 g/mol. The van der Waals surface area contributed by atoms with Crippen molar-refractivity contribution < 1.29 is 14.3 Å². The number of rotatable bonds is 6. The van der Waals surface area contributed by atoms with Crippen LogP contribution in [0.5, 0.6) is 5.75 Å². The third kappa shape index (κ3) is 4.72. The first-order chi connectivity index (χ1) is 11.1. The summed E-state index contributed by atoms with van der Waals surface area (Å²) in [6.45, 7) is 0.617. The van der Waals surface area contributed by atoms with Crippen LogP contribution in [0.25, 0.3) is 0 Å². The number of halogens is 1. The Labute approximate surface area is 139 Å². The van der Waals surface area contributed by atoms with Gasteiger partial charge in [-0.3, -0.25) is 9.59 Å². The normalized spacial score (nSPS) is 10.0. The highest BCUT2D eigenvalue weighted by molar-refractivity contribution is 6.33. The molecule has 2 aromatic carbocycles. The molecule has 0 heterocycles. The predicted octanol–water partition coefficient (Wildman–Crippen LogP) is 2.51. The minimum Gasteiger partial charge on any atom is -0.497 e. The lowest BCUT2D eigenvalue weighted by molar-refractivity contribution is 0.0927. The summed E-state index contributed by atoms with van der Waals surface area (Å²) in [7, 11) is 1.54. The Hall–Kier alpha value is -2.53. The second-order valence-electron chi connectivity index (χ2n) is 4.72. The Morgan fingerprint density at radius 3 is 2.39 bits per heavy atom. The molecule has 2 amide bonds. The minimum atomic E-state index is -0.272. The van der Waals surface area contributed by atoms with Gasteiger partial charge in [0, 0.05) is 18.7 Å². The van der Waals surface area contributed by atoms with Crippen LogP contribution in [0.4, 0.5) is 0 Å². The van der Waals surface area contributed by atoms with Crippen molar-refractivity contribution in [2.45, 2.75) is 0 Å². The van der Waals surface area contributed by atoms with Gasteiger partial charge < -0.3 is 15.4 Å². The number of hydrogen-bond donors (Lipinski definition) is 2. The highest BCUT2D eigenvalue weighted by Gasteiger charge is 2.09. The van der Waals surface area contributed by atoms with E-state index in [1.54, 1.807) is 55.6 Å². The maximum Gasteiger partial charge on any atom is 0.252 e. The summed E-state index contributed by atoms with van der Waals surface area (Å²) in [5.41, 5.74) is 0.912. The fraction of sp³-hybridized carbons (Fsp3) is 0.176. The molecular weight excluding hydrogens is 316 g/mol. The quantitative estimate of drug-likeness (QED) is 0.799. The number of nitrogens with one attached hydrogen (secondary N) is 2. The van der Waals surface area contributed by atoms with Crippen LogP contribution in [-0.2, 0) is 0 Å². The van der Waals surface area contributed by atoms with Crippen LogP contribution in [0.1, 0.15) is 20.7 Å². The molecule has 23 heavy (non-hydrogen) atoms. The maximum absolute atomic E-state index is 12.0. The zero-order valence-corrected chi connectivity index (χ0v) is 13.4. The lowest BCUT2D eigenvalue weighted by atomic mass is 10.2. The second kappa shape index (κ2) is 8.19. The number of amides is 2. The Morgan fingerprint density at radius 1 is 1.00 bits per heavy atom. The van der Waals surface area contributed by atoms with E-state index in [0.717, 1.165) is 0 Å². The summed E-state index contributed by atoms with van der Waals surface area (Å²) in [6, 6.07) is 13.7. The number of hydrogen-bond acceptors (Lipinski definition) is 3. The number of carbonyl (C=O) groups excluding carboxylic acids is 2. The molecular formula is C17H17ClN2O3. The molecule has 2 rings (SSSR count). The lowest BCUT2D eigenvalue weighted by Crippen LogP contribution is -2.34. The van der Waals surface area contributed by atoms with Crippen molar-refractivity contribution in [1.82, 2.24) is 10.6 Å². The summed E-state index contributed by atoms with van der Waals surface area (Å²) in [5, 5.41) is 5.83. The summed E-state index contributed by atoms with van der Waals surface area (Å²) in [6.07, 6.45) is 0. The molecule has 0 fully saturated rings. The molecule has 6 heteroatoms. The van der Waals surface area contributed by atoms with Crippen LogP contribution in [0.15, 0.2) is 48.5 Å². The first-order valence-electron chi connectivity index (χ1n) is 7.07. The Kier molecular flexibility index (Phi) is 6.00. The molecule has 0 radical (unpaired) electrons. The van der Waals surface area contributed by atoms with Gasteiger partial charge in [-0.25, -0.2) is 0 Å². The van der Waals surface area contributed by atoms with Gasteiger partial charge in [-0.2, -0.15) is 0 Å². The fourth-order valence-corrected chi connectivity index (χ4v) is 2.18. The summed E-state index contributed by atoms with van der Waals surface area (Å²) in [4.78, 5) is 23.9. The van der Waals surface area contributed by atoms with Gasteiger partial charge in [0.15, 0.2) is 0 Å². The molecule has 2 aromatic rings. The van der Waals surface area contributed by atoms with Crippen LogP contribution in [0, 0.1) is 0 Å². The average Bonchev–Trinajstić information content (AvgIpc) is 2.58. The fourth-order valence-electron chi connectivity index (χ4n) is 1.96. The molecule has 5 nitrogen and oxygen atoms in total. The summed E-state index contributed by atoms with van der Waals surface area (Å²) >= 11 is 5.95. The van der Waals surface area contributed by atoms with Crippen LogP contribution in [0.2, 0.25) is 5.02 Å². The van der Waals surface area contributed by atoms with E-state index < -0.39 is 0 Å². The molecule has 0 aliphatic carbocycles. The highest BCUT2D eigenvalue weighted by atomic mass is 35.5. The number of benzene rings is 2. The van der Waals surface area contributed by atoms with E-state index >= 15 is 0 Å². The van der Waals surface area contributed by atoms with Crippen molar-refractivity contribution >= 4 is 23.4 Å². The molecule has 0 aliphatic rings. The van der Waals surface area contributed by atoms with Crippen molar-refractivity contribution in [3.05, 3.63) is 64.7 Å². The lowest BCUT2D eigenvalue weighted by Gasteiger charge is -2.08. The molecule has 0 saturated carbocycles. The Balaban J connectivity index is 1.80. The van der Waals surface area contributed by atoms with E-state index in [0.29, 0.717) is 35.0 Å². The number of ether oxygens (including phenoxy) is 1. The molecule has 0 aliphatic heterocycles. The topological polar surface area (TPSA) is 67.4 Å². The summed E-state index contributed by atoms with van der Waals surface area (Å²) < 4.78 is 5.07. The van der Waals surface area contributed by atoms with Gasteiger partial charge in [-0.1, -0.05) is 29.8 Å². The minimum absolute atomic E-state index is 0.226. The first-order valence-corrected chi connectivity index (χ1v) is 7.44. The van der Waals surface area contributed by atoms with E-state index in [9.17, 15) is 9.59 Å². The van der Waals surface area contributed by atoms with Gasteiger partial charge in [0.2, 0.25) is 0 Å². The standard InChI is InChI=1S/C17H17ClN2O3/c1-23-13-6-4-5-12(11-13)16(21)19-9-10-20-17(22)14-7-2-3-8-15(14)18/h2-8,11H,9-10H2,1H3,(H,19,21)(H,20,22). The zero-order valence-electron chi connectivity index (χ0n) is 12.6. The predicted molar refractivity (Wildman–Crippen MR) is 89.1 cm³/mol. The van der Waals surface area contributed by atoms with Crippen LogP contribution in [0.3, 0.4) is 0 Å². The molecule has 0 atom stereocenters. The van der Waals surface area contributed by atoms with E-state index in [4.69, 9.17) is 16.3 Å². The Morgan fingerprint density at radius 2 is 1.70 bits per heavy atom. The largest absolute Gasteiger partial charge is 0.497 e. The highest BCUT2D eigenvalue weighted by Crippen LogP contribution is 2.14. The monoisotopic (exact) mass is 332 g/mol. The molecule has 0 spiro atoms. The number of methoxy groups -OCH3 is 1. The molecule has 0 saturated heterocycles. The molecule has 120 valence electrons. The smallest absolute Gasteiger partial charge is 0.252 e. The van der Waals surface area contributed by atoms with Gasteiger partial charge in [0.1, 0.15) is 5.75 Å². The first kappa shape index (κ1) is 16.8. The molecule has 0 aromatic heterocycles. The van der Waals surface area contributed by atoms with E-state index in [1.165, 1.54) is 0 Å². The summed E-state index contributed by atoms with van der Waals surface area (Å²) in [5.74, 6) is 0.117. The van der Waals surface area contributed by atoms with Gasteiger partial charge in [0.05, 0.1) is 17.7 Å². The van der Waals surface area contributed by atoms with E-state index in [2.05, 4.69) is 10.6 Å². The third-order valence-corrected chi connectivity index (χ3v) is 3.48. The van der Waals surface area contributed by atoms with Crippen molar-refractivity contribution in [2.24, 2.45) is 0 Å². The molecule has 2 N–H and O–H groups in total. The maximum atomic E-state index is 12.0. The van der Waals surface area contributed by atoms with E-state index in [1.807, 2.05) is 0 Å². The SMILES string of the molecule is COc1cccc(C(=O)NCCNC(=O)c2ccccc2Cl)c1. The van der Waals surface area contributed by atoms with Crippen molar-refractivity contribution in [1.29, 1.82) is 0 Å². The van der Waals surface area contributed by atoms with E-state index in [-0.39, 0.29) is 11.8 Å². The second-order valence-corrected chi connectivity index (χ2v) is 5.13. The van der Waals surface area contributed by atoms with Gasteiger partial charge in [-0.05, 0) is 30.3 Å². The van der Waals surface area contributed by atoms with Crippen molar-refractivity contribution in [3.8, 4) is 5.75 Å². The van der Waals surface area contributed by atoms with Crippen LogP contribution in [-0.4, -0.2) is 32.0 Å². The molecule has 0 bridgehead atoms. The molecule has 0 unspecified atom stereocenters. The third-order valence-electron chi connectivity index (χ3n) is 3.15. The van der Waals surface area contributed by atoms with Gasteiger partial charge >= 0.3 is 0 Å². The van der Waals surface area contributed by atoms with Crippen molar-refractivity contribution in [2.75, 3.05) is 20.2 Å². The van der Waals surface area contributed by atoms with Gasteiger partial charge in [0.25, 0.3) is 11.8 Å². The number of carbonyl (C=O) groups is 2. The van der Waals surface area contributed by atoms with Crippen LogP contribution >= 0.6 is 11.6 Å². The zero-order chi connectivity index (χ0) is 16.7. The Bertz CT molecular complexity index is 704.